The first-order valence-electron chi connectivity index (χ1n) is 9.49. The number of halogens is 1. The lowest BCUT2D eigenvalue weighted by Gasteiger charge is -2.21. The highest BCUT2D eigenvalue weighted by Gasteiger charge is 2.26. The quantitative estimate of drug-likeness (QED) is 0.682. The number of para-hydroxylation sites is 1. The summed E-state index contributed by atoms with van der Waals surface area (Å²) in [6, 6.07) is 13.8. The summed E-state index contributed by atoms with van der Waals surface area (Å²) in [6.45, 7) is 3.62. The zero-order chi connectivity index (χ0) is 19.7. The molecule has 3 aromatic rings. The van der Waals surface area contributed by atoms with Crippen molar-refractivity contribution in [3.8, 4) is 5.75 Å². The molecular weight excluding hydrogens is 374 g/mol. The molecule has 2 heterocycles. The molecule has 1 aromatic heterocycles. The van der Waals surface area contributed by atoms with Gasteiger partial charge in [0.05, 0.1) is 19.2 Å². The molecule has 0 bridgehead atoms. The Morgan fingerprint density at radius 2 is 2.14 bits per heavy atom. The third-order valence-corrected chi connectivity index (χ3v) is 5.63. The maximum Gasteiger partial charge on any atom is 0.224 e. The molecule has 1 aliphatic heterocycles. The Hall–Kier alpha value is -2.66. The second kappa shape index (κ2) is 7.76. The lowest BCUT2D eigenvalue weighted by atomic mass is 10.1. The Morgan fingerprint density at radius 3 is 2.96 bits per heavy atom. The highest BCUT2D eigenvalue weighted by atomic mass is 35.5. The van der Waals surface area contributed by atoms with Crippen molar-refractivity contribution in [2.24, 2.45) is 0 Å². The minimum atomic E-state index is 0.0535. The molecule has 146 valence electrons. The van der Waals surface area contributed by atoms with Crippen LogP contribution in [0.5, 0.6) is 5.75 Å². The third kappa shape index (κ3) is 3.67. The number of aromatic nitrogens is 1. The average Bonchev–Trinajstić information content (AvgIpc) is 3.26. The zero-order valence-electron chi connectivity index (χ0n) is 16.1. The minimum absolute atomic E-state index is 0.0535. The number of H-pyrrole nitrogens is 1. The van der Waals surface area contributed by atoms with Crippen LogP contribution >= 0.6 is 11.6 Å². The van der Waals surface area contributed by atoms with Gasteiger partial charge in [-0.1, -0.05) is 29.8 Å². The highest BCUT2D eigenvalue weighted by molar-refractivity contribution is 6.30. The van der Waals surface area contributed by atoms with E-state index >= 15 is 0 Å². The Morgan fingerprint density at radius 1 is 1.32 bits per heavy atom. The highest BCUT2D eigenvalue weighted by Crippen LogP contribution is 2.33. The summed E-state index contributed by atoms with van der Waals surface area (Å²) in [7, 11) is 1.66. The van der Waals surface area contributed by atoms with E-state index in [4.69, 9.17) is 16.3 Å². The van der Waals surface area contributed by atoms with Crippen molar-refractivity contribution in [2.75, 3.05) is 25.1 Å². The number of anilines is 1. The van der Waals surface area contributed by atoms with Gasteiger partial charge in [-0.15, -0.1) is 0 Å². The number of rotatable bonds is 5. The van der Waals surface area contributed by atoms with Crippen LogP contribution in [0, 0.1) is 6.92 Å². The fraction of sp³-hybridized carbons (Fsp3) is 0.318. The van der Waals surface area contributed by atoms with E-state index in [0.717, 1.165) is 53.1 Å². The number of amides is 1. The van der Waals surface area contributed by atoms with Gasteiger partial charge in [0.15, 0.2) is 0 Å². The fourth-order valence-corrected chi connectivity index (χ4v) is 4.18. The van der Waals surface area contributed by atoms with Gasteiger partial charge in [0, 0.05) is 40.8 Å². The van der Waals surface area contributed by atoms with Crippen molar-refractivity contribution in [1.29, 1.82) is 0 Å². The standard InChI is InChI=1S/C22H24ClN3O2/c1-14-18(17-5-3-4-6-19(17)24-14)12-22(27)25-16-9-10-26(13-16)20-11-15(23)7-8-21(20)28-2/h3-8,11,16,24H,9-10,12-13H2,1-2H3,(H,25,27). The molecule has 0 aliphatic carbocycles. The molecular formula is C22H24ClN3O2. The predicted octanol–water partition coefficient (Wildman–Crippen LogP) is 4.08. The van der Waals surface area contributed by atoms with Gasteiger partial charge in [-0.2, -0.15) is 0 Å². The number of ether oxygens (including phenoxy) is 1. The van der Waals surface area contributed by atoms with E-state index in [1.165, 1.54) is 0 Å². The van der Waals surface area contributed by atoms with Crippen molar-refractivity contribution in [3.05, 3.63) is 58.7 Å². The largest absolute Gasteiger partial charge is 0.495 e. The van der Waals surface area contributed by atoms with Crippen LogP contribution in [-0.2, 0) is 11.2 Å². The Kier molecular flexibility index (Phi) is 5.18. The van der Waals surface area contributed by atoms with Crippen LogP contribution in [0.4, 0.5) is 5.69 Å². The van der Waals surface area contributed by atoms with Gasteiger partial charge in [0.25, 0.3) is 0 Å². The van der Waals surface area contributed by atoms with E-state index in [1.54, 1.807) is 7.11 Å². The molecule has 1 atom stereocenters. The molecule has 1 amide bonds. The number of aromatic amines is 1. The van der Waals surface area contributed by atoms with Crippen molar-refractivity contribution >= 4 is 34.1 Å². The van der Waals surface area contributed by atoms with Crippen LogP contribution in [0.15, 0.2) is 42.5 Å². The topological polar surface area (TPSA) is 57.4 Å². The van der Waals surface area contributed by atoms with Gasteiger partial charge in [-0.05, 0) is 43.2 Å². The van der Waals surface area contributed by atoms with Crippen molar-refractivity contribution < 1.29 is 9.53 Å². The summed E-state index contributed by atoms with van der Waals surface area (Å²) < 4.78 is 5.46. The number of hydrogen-bond donors (Lipinski definition) is 2. The molecule has 2 aromatic carbocycles. The van der Waals surface area contributed by atoms with Crippen LogP contribution in [0.1, 0.15) is 17.7 Å². The minimum Gasteiger partial charge on any atom is -0.495 e. The number of methoxy groups -OCH3 is 1. The number of benzene rings is 2. The number of carbonyl (C=O) groups excluding carboxylic acids is 1. The predicted molar refractivity (Wildman–Crippen MR) is 114 cm³/mol. The molecule has 1 fully saturated rings. The van der Waals surface area contributed by atoms with Crippen molar-refractivity contribution in [2.45, 2.75) is 25.8 Å². The number of aryl methyl sites for hydroxylation is 1. The number of carbonyl (C=O) groups is 1. The molecule has 1 aliphatic rings. The van der Waals surface area contributed by atoms with Crippen LogP contribution in [0.2, 0.25) is 5.02 Å². The number of nitrogens with zero attached hydrogens (tertiary/aromatic N) is 1. The summed E-state index contributed by atoms with van der Waals surface area (Å²) in [6.07, 6.45) is 1.28. The molecule has 0 saturated carbocycles. The summed E-state index contributed by atoms with van der Waals surface area (Å²) in [4.78, 5) is 18.3. The van der Waals surface area contributed by atoms with E-state index in [-0.39, 0.29) is 11.9 Å². The molecule has 1 saturated heterocycles. The van der Waals surface area contributed by atoms with Gasteiger partial charge < -0.3 is 19.9 Å². The van der Waals surface area contributed by atoms with E-state index in [1.807, 2.05) is 43.3 Å². The monoisotopic (exact) mass is 397 g/mol. The first-order chi connectivity index (χ1) is 13.5. The Balaban J connectivity index is 1.42. The molecule has 5 nitrogen and oxygen atoms in total. The molecule has 2 N–H and O–H groups in total. The van der Waals surface area contributed by atoms with Crippen molar-refractivity contribution in [1.82, 2.24) is 10.3 Å². The summed E-state index contributed by atoms with van der Waals surface area (Å²) in [5.41, 5.74) is 4.16. The van der Waals surface area contributed by atoms with E-state index in [9.17, 15) is 4.79 Å². The smallest absolute Gasteiger partial charge is 0.224 e. The van der Waals surface area contributed by atoms with Gasteiger partial charge in [0.1, 0.15) is 5.75 Å². The van der Waals surface area contributed by atoms with Crippen molar-refractivity contribution in [3.63, 3.8) is 0 Å². The Bertz CT molecular complexity index is 1010. The first kappa shape index (κ1) is 18.7. The molecule has 0 radical (unpaired) electrons. The SMILES string of the molecule is COc1ccc(Cl)cc1N1CCC(NC(=O)Cc2c(C)[nH]c3ccccc23)C1. The normalized spacial score (nSPS) is 16.5. The second-order valence-corrected chi connectivity index (χ2v) is 7.70. The number of fused-ring (bicyclic) bond motifs is 1. The van der Waals surface area contributed by atoms with Crippen LogP contribution in [-0.4, -0.2) is 37.1 Å². The molecule has 6 heteroatoms. The molecule has 1 unspecified atom stereocenters. The number of hydrogen-bond acceptors (Lipinski definition) is 3. The molecule has 28 heavy (non-hydrogen) atoms. The second-order valence-electron chi connectivity index (χ2n) is 7.27. The van der Waals surface area contributed by atoms with E-state index in [0.29, 0.717) is 11.4 Å². The van der Waals surface area contributed by atoms with Crippen LogP contribution in [0.25, 0.3) is 10.9 Å². The third-order valence-electron chi connectivity index (χ3n) is 5.40. The summed E-state index contributed by atoms with van der Waals surface area (Å²) in [5, 5.41) is 4.99. The maximum absolute atomic E-state index is 12.7. The maximum atomic E-state index is 12.7. The van der Waals surface area contributed by atoms with Gasteiger partial charge >= 0.3 is 0 Å². The van der Waals surface area contributed by atoms with Crippen LogP contribution in [0.3, 0.4) is 0 Å². The first-order valence-corrected chi connectivity index (χ1v) is 9.87. The molecule has 0 spiro atoms. The van der Waals surface area contributed by atoms with Gasteiger partial charge in [-0.25, -0.2) is 0 Å². The lowest BCUT2D eigenvalue weighted by molar-refractivity contribution is -0.121. The Labute approximate surface area is 169 Å². The van der Waals surface area contributed by atoms with E-state index in [2.05, 4.69) is 21.3 Å². The summed E-state index contributed by atoms with van der Waals surface area (Å²) >= 11 is 6.16. The average molecular weight is 398 g/mol. The summed E-state index contributed by atoms with van der Waals surface area (Å²) in [5.74, 6) is 0.851. The lowest BCUT2D eigenvalue weighted by Crippen LogP contribution is -2.38. The molecule has 4 rings (SSSR count). The van der Waals surface area contributed by atoms with E-state index < -0.39 is 0 Å². The number of nitrogens with one attached hydrogen (secondary N) is 2. The van der Waals surface area contributed by atoms with Crippen LogP contribution < -0.4 is 15.0 Å². The fourth-order valence-electron chi connectivity index (χ4n) is 4.01. The van der Waals surface area contributed by atoms with Gasteiger partial charge in [0.2, 0.25) is 5.91 Å². The van der Waals surface area contributed by atoms with Gasteiger partial charge in [-0.3, -0.25) is 4.79 Å². The zero-order valence-corrected chi connectivity index (χ0v) is 16.8.